The van der Waals surface area contributed by atoms with Crippen LogP contribution in [0.15, 0.2) is 66.7 Å². The number of rotatable bonds is 5. The highest BCUT2D eigenvalue weighted by Gasteiger charge is 2.26. The number of amides is 2. The minimum absolute atomic E-state index is 0.165. The van der Waals surface area contributed by atoms with E-state index in [1.165, 1.54) is 11.3 Å². The van der Waals surface area contributed by atoms with Gasteiger partial charge in [0.1, 0.15) is 6.61 Å². The number of aryl methyl sites for hydroxylation is 2. The van der Waals surface area contributed by atoms with Crippen LogP contribution in [0.1, 0.15) is 27.0 Å². The van der Waals surface area contributed by atoms with Crippen molar-refractivity contribution < 1.29 is 14.3 Å². The summed E-state index contributed by atoms with van der Waals surface area (Å²) in [6.45, 7) is 5.34. The summed E-state index contributed by atoms with van der Waals surface area (Å²) in [4.78, 5) is 33.9. The lowest BCUT2D eigenvalue weighted by atomic mass is 10.1. The van der Waals surface area contributed by atoms with Crippen molar-refractivity contribution in [3.63, 3.8) is 0 Å². The number of cyclic esters (lactones) is 1. The Hall–Kier alpha value is -3.71. The Balaban J connectivity index is 1.55. The Bertz CT molecular complexity index is 1350. The van der Waals surface area contributed by atoms with Gasteiger partial charge in [0.25, 0.3) is 5.91 Å². The van der Waals surface area contributed by atoms with E-state index in [2.05, 4.69) is 13.0 Å². The quantitative estimate of drug-likeness (QED) is 0.385. The Morgan fingerprint density at radius 2 is 1.91 bits per heavy atom. The van der Waals surface area contributed by atoms with Crippen LogP contribution in [-0.4, -0.2) is 30.1 Å². The molecule has 166 valence electrons. The van der Waals surface area contributed by atoms with Gasteiger partial charge in [0, 0.05) is 11.3 Å². The highest BCUT2D eigenvalue weighted by Crippen LogP contribution is 2.34. The van der Waals surface area contributed by atoms with Gasteiger partial charge >= 0.3 is 6.09 Å². The maximum atomic E-state index is 13.8. The second-order valence-electron chi connectivity index (χ2n) is 8.12. The summed E-state index contributed by atoms with van der Waals surface area (Å²) in [6.07, 6.45) is -0.391. The Morgan fingerprint density at radius 3 is 2.67 bits per heavy atom. The molecule has 0 N–H and O–H groups in total. The average molecular weight is 458 g/mol. The molecule has 0 radical (unpaired) electrons. The first-order chi connectivity index (χ1) is 16.0. The number of hydrogen-bond acceptors (Lipinski definition) is 5. The Morgan fingerprint density at radius 1 is 1.09 bits per heavy atom. The molecule has 0 saturated carbocycles. The third kappa shape index (κ3) is 4.19. The fraction of sp³-hybridized carbons (Fsp3) is 0.192. The number of fused-ring (bicyclic) bond motifs is 1. The van der Waals surface area contributed by atoms with Crippen molar-refractivity contribution in [3.05, 3.63) is 89.0 Å². The second-order valence-corrected chi connectivity index (χ2v) is 9.10. The molecule has 1 aliphatic heterocycles. The first kappa shape index (κ1) is 21.2. The van der Waals surface area contributed by atoms with Crippen molar-refractivity contribution in [1.29, 1.82) is 0 Å². The highest BCUT2D eigenvalue weighted by molar-refractivity contribution is 7.22. The number of thiazole rings is 1. The van der Waals surface area contributed by atoms with E-state index in [4.69, 9.17) is 9.72 Å². The van der Waals surface area contributed by atoms with E-state index in [-0.39, 0.29) is 5.91 Å². The molecule has 2 heterocycles. The number of benzene rings is 3. The molecular formula is C26H23N3O3S. The van der Waals surface area contributed by atoms with Crippen LogP contribution in [0.3, 0.4) is 0 Å². The van der Waals surface area contributed by atoms with Crippen LogP contribution in [0, 0.1) is 13.8 Å². The molecule has 1 aliphatic rings. The third-order valence-electron chi connectivity index (χ3n) is 5.63. The van der Waals surface area contributed by atoms with E-state index in [9.17, 15) is 9.59 Å². The molecule has 6 nitrogen and oxygen atoms in total. The van der Waals surface area contributed by atoms with Crippen molar-refractivity contribution in [2.45, 2.75) is 20.4 Å². The zero-order valence-corrected chi connectivity index (χ0v) is 19.3. The fourth-order valence-electron chi connectivity index (χ4n) is 4.06. The molecule has 5 rings (SSSR count). The molecule has 3 aromatic carbocycles. The SMILES string of the molecule is Cc1cc(C)c2sc(N(Cc3ccccc3)C(=O)c3cccc(N4CCOC4=O)c3)nc2c1. The van der Waals surface area contributed by atoms with Gasteiger partial charge in [0.15, 0.2) is 5.13 Å². The third-order valence-corrected chi connectivity index (χ3v) is 6.86. The van der Waals surface area contributed by atoms with E-state index >= 15 is 0 Å². The van der Waals surface area contributed by atoms with Crippen LogP contribution >= 0.6 is 11.3 Å². The molecule has 1 aromatic heterocycles. The van der Waals surface area contributed by atoms with Crippen LogP contribution in [0.2, 0.25) is 0 Å². The lowest BCUT2D eigenvalue weighted by molar-refractivity contribution is 0.0985. The van der Waals surface area contributed by atoms with E-state index in [1.807, 2.05) is 49.4 Å². The van der Waals surface area contributed by atoms with Gasteiger partial charge in [-0.3, -0.25) is 14.6 Å². The molecule has 0 atom stereocenters. The van der Waals surface area contributed by atoms with Crippen LogP contribution in [0.25, 0.3) is 10.2 Å². The summed E-state index contributed by atoms with van der Waals surface area (Å²) >= 11 is 1.52. The molecule has 2 amide bonds. The molecule has 0 spiro atoms. The molecule has 0 unspecified atom stereocenters. The van der Waals surface area contributed by atoms with Crippen molar-refractivity contribution in [1.82, 2.24) is 4.98 Å². The van der Waals surface area contributed by atoms with Crippen molar-refractivity contribution in [3.8, 4) is 0 Å². The number of ether oxygens (including phenoxy) is 1. The number of carbonyl (C=O) groups excluding carboxylic acids is 2. The lowest BCUT2D eigenvalue weighted by Crippen LogP contribution is -2.31. The van der Waals surface area contributed by atoms with Crippen LogP contribution in [0.4, 0.5) is 15.6 Å². The van der Waals surface area contributed by atoms with E-state index in [1.54, 1.807) is 28.0 Å². The van der Waals surface area contributed by atoms with Gasteiger partial charge < -0.3 is 4.74 Å². The van der Waals surface area contributed by atoms with Crippen molar-refractivity contribution in [2.24, 2.45) is 0 Å². The number of hydrogen-bond donors (Lipinski definition) is 0. The van der Waals surface area contributed by atoms with Gasteiger partial charge in [0.2, 0.25) is 0 Å². The van der Waals surface area contributed by atoms with Crippen LogP contribution in [0.5, 0.6) is 0 Å². The van der Waals surface area contributed by atoms with Gasteiger partial charge in [0.05, 0.1) is 23.3 Å². The molecule has 0 bridgehead atoms. The van der Waals surface area contributed by atoms with E-state index in [0.29, 0.717) is 36.1 Å². The average Bonchev–Trinajstić information content (AvgIpc) is 3.44. The first-order valence-electron chi connectivity index (χ1n) is 10.8. The van der Waals surface area contributed by atoms with Crippen LogP contribution < -0.4 is 9.80 Å². The van der Waals surface area contributed by atoms with E-state index < -0.39 is 6.09 Å². The molecule has 1 saturated heterocycles. The smallest absolute Gasteiger partial charge is 0.414 e. The first-order valence-corrected chi connectivity index (χ1v) is 11.6. The zero-order valence-electron chi connectivity index (χ0n) is 18.4. The molecule has 4 aromatic rings. The summed E-state index contributed by atoms with van der Waals surface area (Å²) in [5.74, 6) is -0.165. The monoisotopic (exact) mass is 457 g/mol. The maximum absolute atomic E-state index is 13.8. The predicted molar refractivity (Wildman–Crippen MR) is 131 cm³/mol. The summed E-state index contributed by atoms with van der Waals surface area (Å²) in [6, 6.07) is 21.2. The molecule has 1 fully saturated rings. The van der Waals surface area contributed by atoms with Crippen molar-refractivity contribution >= 4 is 44.4 Å². The van der Waals surface area contributed by atoms with Gasteiger partial charge in [-0.1, -0.05) is 53.8 Å². The fourth-order valence-corrected chi connectivity index (χ4v) is 5.08. The van der Waals surface area contributed by atoms with Gasteiger partial charge in [-0.15, -0.1) is 0 Å². The Labute approximate surface area is 196 Å². The maximum Gasteiger partial charge on any atom is 0.414 e. The normalized spacial score (nSPS) is 13.4. The second kappa shape index (κ2) is 8.67. The molecular weight excluding hydrogens is 434 g/mol. The largest absolute Gasteiger partial charge is 0.447 e. The Kier molecular flexibility index (Phi) is 5.56. The zero-order chi connectivity index (χ0) is 22.9. The minimum Gasteiger partial charge on any atom is -0.447 e. The molecule has 0 aliphatic carbocycles. The van der Waals surface area contributed by atoms with Gasteiger partial charge in [-0.05, 0) is 54.8 Å². The molecule has 33 heavy (non-hydrogen) atoms. The number of carbonyl (C=O) groups is 2. The minimum atomic E-state index is -0.391. The number of anilines is 2. The highest BCUT2D eigenvalue weighted by atomic mass is 32.1. The number of aromatic nitrogens is 1. The summed E-state index contributed by atoms with van der Waals surface area (Å²) in [5, 5.41) is 0.651. The van der Waals surface area contributed by atoms with Gasteiger partial charge in [-0.25, -0.2) is 9.78 Å². The van der Waals surface area contributed by atoms with Gasteiger partial charge in [-0.2, -0.15) is 0 Å². The summed E-state index contributed by atoms with van der Waals surface area (Å²) < 4.78 is 6.13. The summed E-state index contributed by atoms with van der Waals surface area (Å²) in [5.41, 5.74) is 5.34. The number of nitrogens with zero attached hydrogens (tertiary/aromatic N) is 3. The molecule has 7 heteroatoms. The van der Waals surface area contributed by atoms with E-state index in [0.717, 1.165) is 26.9 Å². The topological polar surface area (TPSA) is 62.7 Å². The standard InChI is InChI=1S/C26H23N3O3S/c1-17-13-18(2)23-22(14-17)27-25(33-23)29(16-19-7-4-3-5-8-19)24(30)20-9-6-10-21(15-20)28-11-12-32-26(28)31/h3-10,13-15H,11-12,16H2,1-2H3. The van der Waals surface area contributed by atoms with Crippen molar-refractivity contribution in [2.75, 3.05) is 23.0 Å². The summed E-state index contributed by atoms with van der Waals surface area (Å²) in [7, 11) is 0. The van der Waals surface area contributed by atoms with Crippen LogP contribution in [-0.2, 0) is 11.3 Å². The lowest BCUT2D eigenvalue weighted by Gasteiger charge is -2.21. The predicted octanol–water partition coefficient (Wildman–Crippen LogP) is 5.72.